The predicted molar refractivity (Wildman–Crippen MR) is 99.7 cm³/mol. The Hall–Kier alpha value is -1.16. The Morgan fingerprint density at radius 2 is 1.57 bits per heavy atom. The van der Waals surface area contributed by atoms with Crippen molar-refractivity contribution in [2.45, 2.75) is 77.0 Å². The molecule has 0 aliphatic rings. The molecule has 0 atom stereocenters. The van der Waals surface area contributed by atoms with Crippen molar-refractivity contribution in [3.63, 3.8) is 0 Å². The maximum absolute atomic E-state index is 12.1. The van der Waals surface area contributed by atoms with E-state index in [9.17, 15) is 9.90 Å². The van der Waals surface area contributed by atoms with Crippen LogP contribution in [0.1, 0.15) is 72.4 Å². The van der Waals surface area contributed by atoms with E-state index >= 15 is 0 Å². The number of carbonyl (C=O) groups excluding carboxylic acids is 1. The van der Waals surface area contributed by atoms with E-state index in [0.29, 0.717) is 12.3 Å². The number of hydrogen-bond acceptors (Lipinski definition) is 3. The van der Waals surface area contributed by atoms with Crippen molar-refractivity contribution < 1.29 is 9.90 Å². The van der Waals surface area contributed by atoms with E-state index in [4.69, 9.17) is 0 Å². The Bertz CT molecular complexity index is 518. The lowest BCUT2D eigenvalue weighted by Gasteiger charge is -2.28. The van der Waals surface area contributed by atoms with Gasteiger partial charge in [0.2, 0.25) is 0 Å². The average Bonchev–Trinajstić information content (AvgIpc) is 2.38. The van der Waals surface area contributed by atoms with E-state index < -0.39 is 0 Å². The summed E-state index contributed by atoms with van der Waals surface area (Å²) in [4.78, 5) is 13.0. The van der Waals surface area contributed by atoms with Crippen LogP contribution in [0.2, 0.25) is 0 Å². The van der Waals surface area contributed by atoms with Crippen LogP contribution in [-0.2, 0) is 10.8 Å². The fourth-order valence-electron chi connectivity index (χ4n) is 2.32. The number of aromatic hydroxyl groups is 1. The first-order chi connectivity index (χ1) is 10.5. The summed E-state index contributed by atoms with van der Waals surface area (Å²) in [6.07, 6.45) is 2.05. The van der Waals surface area contributed by atoms with Crippen LogP contribution < -0.4 is 5.32 Å². The second-order valence-corrected chi connectivity index (χ2v) is 9.08. The number of hydrogen-bond donors (Lipinski definition) is 2. The summed E-state index contributed by atoms with van der Waals surface area (Å²) in [5.74, 6) is 0.348. The zero-order valence-corrected chi connectivity index (χ0v) is 16.4. The van der Waals surface area contributed by atoms with Crippen molar-refractivity contribution in [2.75, 3.05) is 6.54 Å². The Kier molecular flexibility index (Phi) is 6.58. The van der Waals surface area contributed by atoms with Gasteiger partial charge in [0.1, 0.15) is 5.75 Å². The topological polar surface area (TPSA) is 49.3 Å². The lowest BCUT2D eigenvalue weighted by Crippen LogP contribution is -2.20. The molecule has 0 bridgehead atoms. The zero-order valence-electron chi connectivity index (χ0n) is 15.5. The lowest BCUT2D eigenvalue weighted by atomic mass is 9.79. The minimum absolute atomic E-state index is 0.0381. The number of phenols is 1. The van der Waals surface area contributed by atoms with E-state index in [1.165, 1.54) is 11.8 Å². The number of thioether (sulfide) groups is 1. The second-order valence-electron chi connectivity index (χ2n) is 8.04. The fraction of sp³-hybridized carbons (Fsp3) is 0.632. The highest BCUT2D eigenvalue weighted by molar-refractivity contribution is 8.13. The summed E-state index contributed by atoms with van der Waals surface area (Å²) >= 11 is 1.20. The first-order valence-corrected chi connectivity index (χ1v) is 9.12. The summed E-state index contributed by atoms with van der Waals surface area (Å²) in [7, 11) is 0. The van der Waals surface area contributed by atoms with Gasteiger partial charge in [0, 0.05) is 22.6 Å². The van der Waals surface area contributed by atoms with E-state index in [-0.39, 0.29) is 16.1 Å². The number of phenolic OH excluding ortho intramolecular Hbond substituents is 1. The van der Waals surface area contributed by atoms with Gasteiger partial charge in [-0.1, -0.05) is 54.9 Å². The molecule has 0 saturated carbocycles. The van der Waals surface area contributed by atoms with Gasteiger partial charge in [-0.2, -0.15) is 0 Å². The van der Waals surface area contributed by atoms with Crippen LogP contribution in [0.5, 0.6) is 5.75 Å². The average molecular weight is 338 g/mol. The lowest BCUT2D eigenvalue weighted by molar-refractivity contribution is 0.260. The minimum Gasteiger partial charge on any atom is -0.507 e. The zero-order chi connectivity index (χ0) is 17.8. The molecular formula is C19H31NO2S. The van der Waals surface area contributed by atoms with Crippen molar-refractivity contribution in [3.05, 3.63) is 23.3 Å². The number of carbonyl (C=O) groups is 1. The Labute approximate surface area is 145 Å². The molecule has 0 aliphatic carbocycles. The third-order valence-corrected chi connectivity index (χ3v) is 4.51. The Morgan fingerprint density at radius 1 is 1.09 bits per heavy atom. The molecule has 0 radical (unpaired) electrons. The molecule has 1 amide bonds. The molecule has 3 nitrogen and oxygen atoms in total. The number of nitrogens with one attached hydrogen (secondary N) is 1. The van der Waals surface area contributed by atoms with Crippen molar-refractivity contribution in [1.29, 1.82) is 0 Å². The monoisotopic (exact) mass is 337 g/mol. The van der Waals surface area contributed by atoms with Crippen molar-refractivity contribution in [2.24, 2.45) is 0 Å². The SMILES string of the molecule is CCCCNC(=O)Sc1cc(C(C)(C)C)c(O)c(C(C)(C)C)c1. The van der Waals surface area contributed by atoms with Crippen LogP contribution >= 0.6 is 11.8 Å². The van der Waals surface area contributed by atoms with Gasteiger partial charge in [0.25, 0.3) is 5.24 Å². The predicted octanol–water partition coefficient (Wildman–Crippen LogP) is 5.59. The van der Waals surface area contributed by atoms with E-state index in [1.807, 2.05) is 12.1 Å². The molecule has 0 spiro atoms. The van der Waals surface area contributed by atoms with Gasteiger partial charge >= 0.3 is 0 Å². The minimum atomic E-state index is -0.181. The summed E-state index contributed by atoms with van der Waals surface area (Å²) in [5.41, 5.74) is 1.40. The van der Waals surface area contributed by atoms with Crippen molar-refractivity contribution in [1.82, 2.24) is 5.32 Å². The Morgan fingerprint density at radius 3 is 1.96 bits per heavy atom. The van der Waals surface area contributed by atoms with Crippen LogP contribution in [0, 0.1) is 0 Å². The third kappa shape index (κ3) is 5.76. The largest absolute Gasteiger partial charge is 0.507 e. The van der Waals surface area contributed by atoms with Gasteiger partial charge in [-0.15, -0.1) is 0 Å². The molecule has 0 aromatic heterocycles. The molecule has 1 rings (SSSR count). The highest BCUT2D eigenvalue weighted by atomic mass is 32.2. The molecule has 0 heterocycles. The molecule has 23 heavy (non-hydrogen) atoms. The highest BCUT2D eigenvalue weighted by Crippen LogP contribution is 2.41. The normalized spacial score (nSPS) is 12.3. The van der Waals surface area contributed by atoms with Gasteiger partial charge in [-0.25, -0.2) is 0 Å². The van der Waals surface area contributed by atoms with Crippen LogP contribution in [0.25, 0.3) is 0 Å². The maximum Gasteiger partial charge on any atom is 0.283 e. The van der Waals surface area contributed by atoms with Crippen LogP contribution in [0.4, 0.5) is 4.79 Å². The smallest absolute Gasteiger partial charge is 0.283 e. The van der Waals surface area contributed by atoms with Crippen LogP contribution in [-0.4, -0.2) is 16.9 Å². The maximum atomic E-state index is 12.1. The van der Waals surface area contributed by atoms with Crippen molar-refractivity contribution >= 4 is 17.0 Å². The molecular weight excluding hydrogens is 306 g/mol. The molecule has 2 N–H and O–H groups in total. The summed E-state index contributed by atoms with van der Waals surface area (Å²) in [6.45, 7) is 15.3. The van der Waals surface area contributed by atoms with Gasteiger partial charge in [-0.05, 0) is 41.1 Å². The molecule has 0 fully saturated rings. The standard InChI is InChI=1S/C19H31NO2S/c1-8-9-10-20-17(22)23-13-11-14(18(2,3)4)16(21)15(12-13)19(5,6)7/h11-12,21H,8-10H2,1-7H3,(H,20,22). The molecule has 0 aliphatic heterocycles. The highest BCUT2D eigenvalue weighted by Gasteiger charge is 2.27. The molecule has 0 saturated heterocycles. The molecule has 4 heteroatoms. The van der Waals surface area contributed by atoms with E-state index in [2.05, 4.69) is 53.8 Å². The first-order valence-electron chi connectivity index (χ1n) is 8.30. The Balaban J connectivity index is 3.16. The summed E-state index contributed by atoms with van der Waals surface area (Å²) < 4.78 is 0. The quantitative estimate of drug-likeness (QED) is 0.556. The fourth-order valence-corrected chi connectivity index (χ4v) is 3.06. The molecule has 1 aromatic rings. The second kappa shape index (κ2) is 7.61. The van der Waals surface area contributed by atoms with E-state index in [1.54, 1.807) is 0 Å². The number of benzene rings is 1. The third-order valence-electron chi connectivity index (χ3n) is 3.71. The van der Waals surface area contributed by atoms with Crippen LogP contribution in [0.3, 0.4) is 0 Å². The molecule has 130 valence electrons. The number of unbranched alkanes of at least 4 members (excludes halogenated alkanes) is 1. The van der Waals surface area contributed by atoms with Gasteiger partial charge in [-0.3, -0.25) is 4.79 Å². The number of amides is 1. The number of rotatable bonds is 4. The van der Waals surface area contributed by atoms with Gasteiger partial charge in [0.15, 0.2) is 0 Å². The van der Waals surface area contributed by atoms with E-state index in [0.717, 1.165) is 28.9 Å². The summed E-state index contributed by atoms with van der Waals surface area (Å²) in [5, 5.41) is 13.6. The summed E-state index contributed by atoms with van der Waals surface area (Å²) in [6, 6.07) is 3.88. The molecule has 1 aromatic carbocycles. The molecule has 0 unspecified atom stereocenters. The van der Waals surface area contributed by atoms with Crippen molar-refractivity contribution in [3.8, 4) is 5.75 Å². The van der Waals surface area contributed by atoms with Crippen LogP contribution in [0.15, 0.2) is 17.0 Å². The first kappa shape index (κ1) is 19.9. The van der Waals surface area contributed by atoms with Gasteiger partial charge < -0.3 is 10.4 Å². The van der Waals surface area contributed by atoms with Gasteiger partial charge in [0.05, 0.1) is 0 Å².